The Balaban J connectivity index is 2.54. The molecule has 0 aromatic rings. The molecule has 2 heteroatoms. The molecule has 0 aromatic heterocycles. The standard InChI is InChI=1S/C8H16OS/c1-6(2)8(4)9-7(3)5-10-8/h6-7H,5H2,1-4H3/t7-,8-/m0/s1. The number of rotatable bonds is 1. The summed E-state index contributed by atoms with van der Waals surface area (Å²) in [4.78, 5) is 0.0828. The zero-order valence-corrected chi connectivity index (χ0v) is 7.99. The first kappa shape index (κ1) is 8.41. The Morgan fingerprint density at radius 3 is 2.40 bits per heavy atom. The monoisotopic (exact) mass is 160 g/mol. The SMILES string of the molecule is CC(C)[C@@]1(C)O[C@@H](C)CS1. The fraction of sp³-hybridized carbons (Fsp3) is 1.00. The van der Waals surface area contributed by atoms with Crippen molar-refractivity contribution in [3.8, 4) is 0 Å². The van der Waals surface area contributed by atoms with Gasteiger partial charge in [0.1, 0.15) is 4.93 Å². The number of hydrogen-bond donors (Lipinski definition) is 0. The third kappa shape index (κ3) is 1.48. The van der Waals surface area contributed by atoms with Crippen LogP contribution in [-0.4, -0.2) is 16.8 Å². The van der Waals surface area contributed by atoms with Crippen molar-refractivity contribution < 1.29 is 4.74 Å². The summed E-state index contributed by atoms with van der Waals surface area (Å²) in [5.41, 5.74) is 0. The largest absolute Gasteiger partial charge is 0.361 e. The van der Waals surface area contributed by atoms with Gasteiger partial charge >= 0.3 is 0 Å². The number of thioether (sulfide) groups is 1. The summed E-state index contributed by atoms with van der Waals surface area (Å²) in [6.07, 6.45) is 0.442. The van der Waals surface area contributed by atoms with Gasteiger partial charge in [0.25, 0.3) is 0 Å². The van der Waals surface area contributed by atoms with Crippen molar-refractivity contribution in [3.63, 3.8) is 0 Å². The van der Waals surface area contributed by atoms with Crippen LogP contribution in [-0.2, 0) is 4.74 Å². The highest BCUT2D eigenvalue weighted by Crippen LogP contribution is 2.41. The first-order valence-electron chi connectivity index (χ1n) is 3.86. The van der Waals surface area contributed by atoms with Crippen molar-refractivity contribution in [2.45, 2.75) is 38.7 Å². The lowest BCUT2D eigenvalue weighted by molar-refractivity contribution is -0.0138. The molecule has 0 aromatic carbocycles. The highest BCUT2D eigenvalue weighted by Gasteiger charge is 2.37. The van der Waals surface area contributed by atoms with Gasteiger partial charge in [-0.3, -0.25) is 0 Å². The highest BCUT2D eigenvalue weighted by molar-refractivity contribution is 8.00. The third-order valence-corrected chi connectivity index (χ3v) is 3.87. The molecule has 1 fully saturated rings. The van der Waals surface area contributed by atoms with Gasteiger partial charge in [0, 0.05) is 5.75 Å². The van der Waals surface area contributed by atoms with Crippen molar-refractivity contribution in [3.05, 3.63) is 0 Å². The van der Waals surface area contributed by atoms with Crippen molar-refractivity contribution >= 4 is 11.8 Å². The van der Waals surface area contributed by atoms with Crippen molar-refractivity contribution in [2.75, 3.05) is 5.75 Å². The minimum absolute atomic E-state index is 0.0828. The molecule has 0 aliphatic carbocycles. The van der Waals surface area contributed by atoms with Crippen LogP contribution in [0.15, 0.2) is 0 Å². The third-order valence-electron chi connectivity index (χ3n) is 2.09. The Labute approximate surface area is 67.5 Å². The van der Waals surface area contributed by atoms with Crippen LogP contribution in [0.3, 0.4) is 0 Å². The fourth-order valence-electron chi connectivity index (χ4n) is 1.05. The molecule has 0 radical (unpaired) electrons. The van der Waals surface area contributed by atoms with Gasteiger partial charge in [-0.05, 0) is 19.8 Å². The molecule has 0 bridgehead atoms. The zero-order chi connectivity index (χ0) is 7.78. The van der Waals surface area contributed by atoms with E-state index in [1.807, 2.05) is 11.8 Å². The maximum atomic E-state index is 5.77. The minimum Gasteiger partial charge on any atom is -0.361 e. The van der Waals surface area contributed by atoms with Crippen molar-refractivity contribution in [1.29, 1.82) is 0 Å². The van der Waals surface area contributed by atoms with Crippen molar-refractivity contribution in [1.82, 2.24) is 0 Å². The molecule has 1 aliphatic rings. The Kier molecular flexibility index (Phi) is 2.31. The van der Waals surface area contributed by atoms with Gasteiger partial charge < -0.3 is 4.74 Å². The summed E-state index contributed by atoms with van der Waals surface area (Å²) in [5, 5.41) is 0. The second kappa shape index (κ2) is 2.74. The Hall–Kier alpha value is 0.310. The van der Waals surface area contributed by atoms with Gasteiger partial charge in [0.05, 0.1) is 6.10 Å². The molecule has 60 valence electrons. The quantitative estimate of drug-likeness (QED) is 0.583. The molecule has 0 saturated carbocycles. The normalized spacial score (nSPS) is 41.1. The Morgan fingerprint density at radius 2 is 2.20 bits per heavy atom. The predicted octanol–water partition coefficient (Wildman–Crippen LogP) is 2.51. The maximum Gasteiger partial charge on any atom is 0.113 e. The first-order valence-corrected chi connectivity index (χ1v) is 4.85. The van der Waals surface area contributed by atoms with Crippen molar-refractivity contribution in [2.24, 2.45) is 5.92 Å². The van der Waals surface area contributed by atoms with Gasteiger partial charge in [-0.1, -0.05) is 13.8 Å². The zero-order valence-electron chi connectivity index (χ0n) is 7.18. The smallest absolute Gasteiger partial charge is 0.113 e. The molecular weight excluding hydrogens is 144 g/mol. The van der Waals surface area contributed by atoms with Gasteiger partial charge in [0.2, 0.25) is 0 Å². The van der Waals surface area contributed by atoms with E-state index in [1.54, 1.807) is 0 Å². The average Bonchev–Trinajstić information content (AvgIpc) is 2.13. The van der Waals surface area contributed by atoms with E-state index >= 15 is 0 Å². The molecule has 1 rings (SSSR count). The molecule has 10 heavy (non-hydrogen) atoms. The molecule has 0 unspecified atom stereocenters. The second-order valence-corrected chi connectivity index (χ2v) is 4.84. The van der Waals surface area contributed by atoms with E-state index in [0.29, 0.717) is 12.0 Å². The maximum absolute atomic E-state index is 5.77. The molecule has 0 spiro atoms. The lowest BCUT2D eigenvalue weighted by Gasteiger charge is -2.27. The predicted molar refractivity (Wildman–Crippen MR) is 46.2 cm³/mol. The fourth-order valence-corrected chi connectivity index (χ4v) is 2.25. The number of hydrogen-bond acceptors (Lipinski definition) is 2. The molecule has 2 atom stereocenters. The van der Waals surface area contributed by atoms with Crippen LogP contribution >= 0.6 is 11.8 Å². The average molecular weight is 160 g/mol. The van der Waals surface area contributed by atoms with Crippen LogP contribution < -0.4 is 0 Å². The van der Waals surface area contributed by atoms with Crippen LogP contribution in [0.1, 0.15) is 27.7 Å². The van der Waals surface area contributed by atoms with Crippen LogP contribution in [0.4, 0.5) is 0 Å². The topological polar surface area (TPSA) is 9.23 Å². The van der Waals surface area contributed by atoms with Crippen LogP contribution in [0.25, 0.3) is 0 Å². The summed E-state index contributed by atoms with van der Waals surface area (Å²) < 4.78 is 5.77. The summed E-state index contributed by atoms with van der Waals surface area (Å²) in [6, 6.07) is 0. The molecule has 1 saturated heterocycles. The van der Waals surface area contributed by atoms with Crippen LogP contribution in [0.2, 0.25) is 0 Å². The summed E-state index contributed by atoms with van der Waals surface area (Å²) in [6.45, 7) is 8.75. The van der Waals surface area contributed by atoms with Gasteiger partial charge in [-0.2, -0.15) is 0 Å². The number of ether oxygens (including phenoxy) is 1. The molecule has 1 nitrogen and oxygen atoms in total. The summed E-state index contributed by atoms with van der Waals surface area (Å²) >= 11 is 1.94. The van der Waals surface area contributed by atoms with E-state index in [4.69, 9.17) is 4.74 Å². The molecule has 0 N–H and O–H groups in total. The summed E-state index contributed by atoms with van der Waals surface area (Å²) in [5.74, 6) is 1.76. The molecule has 1 aliphatic heterocycles. The van der Waals surface area contributed by atoms with E-state index in [9.17, 15) is 0 Å². The summed E-state index contributed by atoms with van der Waals surface area (Å²) in [7, 11) is 0. The second-order valence-electron chi connectivity index (χ2n) is 3.41. The molecule has 0 amide bonds. The van der Waals surface area contributed by atoms with E-state index < -0.39 is 0 Å². The minimum atomic E-state index is 0.0828. The Bertz CT molecular complexity index is 124. The first-order chi connectivity index (χ1) is 4.54. The lowest BCUT2D eigenvalue weighted by Crippen LogP contribution is -2.27. The molecular formula is C8H16OS. The van der Waals surface area contributed by atoms with Gasteiger partial charge in [-0.15, -0.1) is 11.8 Å². The lowest BCUT2D eigenvalue weighted by atomic mass is 10.1. The van der Waals surface area contributed by atoms with Gasteiger partial charge in [0.15, 0.2) is 0 Å². The van der Waals surface area contributed by atoms with E-state index in [2.05, 4.69) is 27.7 Å². The van der Waals surface area contributed by atoms with Crippen LogP contribution in [0, 0.1) is 5.92 Å². The molecule has 1 heterocycles. The Morgan fingerprint density at radius 1 is 1.60 bits per heavy atom. The van der Waals surface area contributed by atoms with E-state index in [0.717, 1.165) is 5.75 Å². The van der Waals surface area contributed by atoms with Gasteiger partial charge in [-0.25, -0.2) is 0 Å². The highest BCUT2D eigenvalue weighted by atomic mass is 32.2. The van der Waals surface area contributed by atoms with E-state index in [-0.39, 0.29) is 4.93 Å². The van der Waals surface area contributed by atoms with E-state index in [1.165, 1.54) is 0 Å². The van der Waals surface area contributed by atoms with Crippen LogP contribution in [0.5, 0.6) is 0 Å².